The van der Waals surface area contributed by atoms with Crippen LogP contribution >= 0.6 is 0 Å². The molecule has 1 aromatic rings. The second kappa shape index (κ2) is 10.5. The molecular formula is C19H32N4O2S. The van der Waals surface area contributed by atoms with Crippen LogP contribution in [0.4, 0.5) is 0 Å². The first-order valence-electron chi connectivity index (χ1n) is 9.45. The molecule has 1 aliphatic heterocycles. The number of aliphatic imine (C=N–C) groups is 1. The number of rotatable bonds is 9. The van der Waals surface area contributed by atoms with E-state index < -0.39 is 9.84 Å². The maximum Gasteiger partial charge on any atom is 0.190 e. The summed E-state index contributed by atoms with van der Waals surface area (Å²) in [6, 6.07) is 7.06. The summed E-state index contributed by atoms with van der Waals surface area (Å²) in [5, 5.41) is 6.66. The molecular weight excluding hydrogens is 348 g/mol. The van der Waals surface area contributed by atoms with Gasteiger partial charge < -0.3 is 15.5 Å². The Hall–Kier alpha value is -1.60. The standard InChI is InChI=1S/C19H32N4O2S/c1-20-19(21-12-3-4-14-23-15-5-6-16-23)22-13-11-17-7-9-18(10-8-17)26(2,24)25/h7-10H,3-6,11-16H2,1-2H3,(H2,20,21,22). The zero-order chi connectivity index (χ0) is 18.8. The van der Waals surface area contributed by atoms with Gasteiger partial charge in [-0.15, -0.1) is 0 Å². The Kier molecular flexibility index (Phi) is 8.38. The van der Waals surface area contributed by atoms with Crippen LogP contribution < -0.4 is 10.6 Å². The lowest BCUT2D eigenvalue weighted by atomic mass is 10.1. The van der Waals surface area contributed by atoms with Gasteiger partial charge in [0, 0.05) is 26.4 Å². The number of nitrogens with one attached hydrogen (secondary N) is 2. The highest BCUT2D eigenvalue weighted by Gasteiger charge is 2.10. The molecule has 0 saturated carbocycles. The lowest BCUT2D eigenvalue weighted by Gasteiger charge is -2.15. The Balaban J connectivity index is 1.60. The summed E-state index contributed by atoms with van der Waals surface area (Å²) in [5.74, 6) is 0.818. The van der Waals surface area contributed by atoms with Crippen molar-refractivity contribution in [2.75, 3.05) is 46.0 Å². The van der Waals surface area contributed by atoms with Crippen molar-refractivity contribution in [1.29, 1.82) is 0 Å². The maximum atomic E-state index is 11.5. The van der Waals surface area contributed by atoms with Gasteiger partial charge in [-0.05, 0) is 69.4 Å². The summed E-state index contributed by atoms with van der Waals surface area (Å²) in [5.41, 5.74) is 1.10. The molecule has 0 amide bonds. The second-order valence-electron chi connectivity index (χ2n) is 6.85. The van der Waals surface area contributed by atoms with E-state index in [0.29, 0.717) is 4.90 Å². The SMILES string of the molecule is CN=C(NCCCCN1CCCC1)NCCc1ccc(S(C)(=O)=O)cc1. The van der Waals surface area contributed by atoms with Crippen molar-refractivity contribution in [3.8, 4) is 0 Å². The number of sulfone groups is 1. The van der Waals surface area contributed by atoms with Crippen LogP contribution in [0.3, 0.4) is 0 Å². The first-order chi connectivity index (χ1) is 12.5. The first-order valence-corrected chi connectivity index (χ1v) is 11.3. The van der Waals surface area contributed by atoms with E-state index in [1.165, 1.54) is 45.2 Å². The lowest BCUT2D eigenvalue weighted by molar-refractivity contribution is 0.330. The van der Waals surface area contributed by atoms with Gasteiger partial charge in [-0.25, -0.2) is 8.42 Å². The van der Waals surface area contributed by atoms with Gasteiger partial charge in [-0.1, -0.05) is 12.1 Å². The highest BCUT2D eigenvalue weighted by molar-refractivity contribution is 7.90. The summed E-state index contributed by atoms with van der Waals surface area (Å²) < 4.78 is 22.9. The molecule has 0 unspecified atom stereocenters. The summed E-state index contributed by atoms with van der Waals surface area (Å²) >= 11 is 0. The molecule has 0 bridgehead atoms. The fourth-order valence-electron chi connectivity index (χ4n) is 3.12. The van der Waals surface area contributed by atoms with E-state index in [2.05, 4.69) is 20.5 Å². The van der Waals surface area contributed by atoms with Gasteiger partial charge in [-0.3, -0.25) is 4.99 Å². The third kappa shape index (κ3) is 7.33. The largest absolute Gasteiger partial charge is 0.356 e. The van der Waals surface area contributed by atoms with Crippen molar-refractivity contribution in [1.82, 2.24) is 15.5 Å². The monoisotopic (exact) mass is 380 g/mol. The minimum Gasteiger partial charge on any atom is -0.356 e. The van der Waals surface area contributed by atoms with E-state index in [9.17, 15) is 8.42 Å². The molecule has 2 rings (SSSR count). The van der Waals surface area contributed by atoms with Gasteiger partial charge in [0.1, 0.15) is 0 Å². The number of hydrogen-bond donors (Lipinski definition) is 2. The van der Waals surface area contributed by atoms with Crippen molar-refractivity contribution < 1.29 is 8.42 Å². The van der Waals surface area contributed by atoms with Gasteiger partial charge in [0.25, 0.3) is 0 Å². The molecule has 1 fully saturated rings. The number of likely N-dealkylation sites (tertiary alicyclic amines) is 1. The van der Waals surface area contributed by atoms with Crippen LogP contribution in [0.25, 0.3) is 0 Å². The van der Waals surface area contributed by atoms with Crippen molar-refractivity contribution in [3.05, 3.63) is 29.8 Å². The average molecular weight is 381 g/mol. The molecule has 146 valence electrons. The highest BCUT2D eigenvalue weighted by atomic mass is 32.2. The van der Waals surface area contributed by atoms with Crippen LogP contribution in [0.1, 0.15) is 31.2 Å². The molecule has 0 aromatic heterocycles. The van der Waals surface area contributed by atoms with E-state index in [0.717, 1.165) is 37.5 Å². The van der Waals surface area contributed by atoms with Crippen LogP contribution in [-0.2, 0) is 16.3 Å². The van der Waals surface area contributed by atoms with Gasteiger partial charge in [-0.2, -0.15) is 0 Å². The van der Waals surface area contributed by atoms with E-state index in [1.54, 1.807) is 19.2 Å². The molecule has 2 N–H and O–H groups in total. The van der Waals surface area contributed by atoms with E-state index in [1.807, 2.05) is 12.1 Å². The quantitative estimate of drug-likeness (QED) is 0.387. The second-order valence-corrected chi connectivity index (χ2v) is 8.86. The van der Waals surface area contributed by atoms with Crippen LogP contribution in [-0.4, -0.2) is 65.3 Å². The maximum absolute atomic E-state index is 11.5. The van der Waals surface area contributed by atoms with E-state index in [-0.39, 0.29) is 0 Å². The highest BCUT2D eigenvalue weighted by Crippen LogP contribution is 2.10. The molecule has 1 saturated heterocycles. The van der Waals surface area contributed by atoms with E-state index in [4.69, 9.17) is 0 Å². The third-order valence-electron chi connectivity index (χ3n) is 4.67. The Morgan fingerprint density at radius 3 is 2.35 bits per heavy atom. The fraction of sp³-hybridized carbons (Fsp3) is 0.632. The fourth-order valence-corrected chi connectivity index (χ4v) is 3.75. The predicted octanol–water partition coefficient (Wildman–Crippen LogP) is 1.67. The predicted molar refractivity (Wildman–Crippen MR) is 108 cm³/mol. The summed E-state index contributed by atoms with van der Waals surface area (Å²) in [6.45, 7) is 5.42. The Labute approximate surface area is 158 Å². The minimum atomic E-state index is -3.13. The minimum absolute atomic E-state index is 0.362. The van der Waals surface area contributed by atoms with Crippen LogP contribution in [0.2, 0.25) is 0 Å². The third-order valence-corrected chi connectivity index (χ3v) is 5.80. The summed E-state index contributed by atoms with van der Waals surface area (Å²) in [4.78, 5) is 7.15. The Bertz CT molecular complexity index is 665. The Morgan fingerprint density at radius 1 is 1.08 bits per heavy atom. The Morgan fingerprint density at radius 2 is 1.73 bits per heavy atom. The molecule has 6 nitrogen and oxygen atoms in total. The zero-order valence-electron chi connectivity index (χ0n) is 16.0. The lowest BCUT2D eigenvalue weighted by Crippen LogP contribution is -2.38. The number of guanidine groups is 1. The molecule has 1 heterocycles. The van der Waals surface area contributed by atoms with Gasteiger partial charge in [0.05, 0.1) is 4.90 Å². The topological polar surface area (TPSA) is 73.8 Å². The first kappa shape index (κ1) is 20.7. The van der Waals surface area contributed by atoms with Gasteiger partial charge in [0.2, 0.25) is 0 Å². The number of unbranched alkanes of at least 4 members (excludes halogenated alkanes) is 1. The van der Waals surface area contributed by atoms with Crippen molar-refractivity contribution in [3.63, 3.8) is 0 Å². The summed E-state index contributed by atoms with van der Waals surface area (Å²) in [7, 11) is -1.35. The van der Waals surface area contributed by atoms with Crippen LogP contribution in [0.15, 0.2) is 34.2 Å². The normalized spacial score (nSPS) is 16.0. The molecule has 1 aliphatic rings. The molecule has 7 heteroatoms. The average Bonchev–Trinajstić information content (AvgIpc) is 3.13. The van der Waals surface area contributed by atoms with Crippen molar-refractivity contribution in [2.45, 2.75) is 37.0 Å². The molecule has 0 aliphatic carbocycles. The molecule has 26 heavy (non-hydrogen) atoms. The van der Waals surface area contributed by atoms with Crippen LogP contribution in [0, 0.1) is 0 Å². The van der Waals surface area contributed by atoms with Crippen molar-refractivity contribution >= 4 is 15.8 Å². The molecule has 0 spiro atoms. The number of benzene rings is 1. The molecule has 1 aromatic carbocycles. The smallest absolute Gasteiger partial charge is 0.190 e. The molecule has 0 atom stereocenters. The van der Waals surface area contributed by atoms with Gasteiger partial charge in [0.15, 0.2) is 15.8 Å². The summed E-state index contributed by atoms with van der Waals surface area (Å²) in [6.07, 6.45) is 7.11. The van der Waals surface area contributed by atoms with E-state index >= 15 is 0 Å². The van der Waals surface area contributed by atoms with Crippen molar-refractivity contribution in [2.24, 2.45) is 4.99 Å². The molecule has 0 radical (unpaired) electrons. The van der Waals surface area contributed by atoms with Gasteiger partial charge >= 0.3 is 0 Å². The van der Waals surface area contributed by atoms with Crippen LogP contribution in [0.5, 0.6) is 0 Å². The number of nitrogens with zero attached hydrogens (tertiary/aromatic N) is 2. The zero-order valence-corrected chi connectivity index (χ0v) is 16.8. The number of hydrogen-bond acceptors (Lipinski definition) is 4.